The number of ether oxygens (including phenoxy) is 4. The lowest BCUT2D eigenvalue weighted by Crippen LogP contribution is -2.11. The van der Waals surface area contributed by atoms with E-state index in [1.165, 1.54) is 0 Å². The summed E-state index contributed by atoms with van der Waals surface area (Å²) in [4.78, 5) is 0. The van der Waals surface area contributed by atoms with Gasteiger partial charge in [0, 0.05) is 0 Å². The molecule has 0 atom stereocenters. The lowest BCUT2D eigenvalue weighted by molar-refractivity contribution is 0.00971. The maximum absolute atomic E-state index is 5.18. The fraction of sp³-hybridized carbons (Fsp3) is 0.778. The van der Waals surface area contributed by atoms with Crippen molar-refractivity contribution >= 4 is 0 Å². The normalized spacial score (nSPS) is 10.5. The molecular weight excluding hydrogens is 172 g/mol. The zero-order valence-corrected chi connectivity index (χ0v) is 8.00. The Morgan fingerprint density at radius 2 is 1.23 bits per heavy atom. The quantitative estimate of drug-likeness (QED) is 0.375. The zero-order chi connectivity index (χ0) is 9.78. The minimum atomic E-state index is 0.487. The van der Waals surface area contributed by atoms with Crippen LogP contribution in [0.2, 0.25) is 0 Å². The first kappa shape index (κ1) is 12.7. The van der Waals surface area contributed by atoms with E-state index in [1.807, 2.05) is 0 Å². The zero-order valence-electron chi connectivity index (χ0n) is 8.00. The molecule has 0 heterocycles. The SMILES string of the molecule is [CH2+]OCCOCCOCCOC[CH2-]. The molecule has 0 aliphatic rings. The summed E-state index contributed by atoms with van der Waals surface area (Å²) in [7, 11) is 3.22. The average Bonchev–Trinajstić information content (AvgIpc) is 2.16. The van der Waals surface area contributed by atoms with Crippen molar-refractivity contribution in [2.75, 3.05) is 46.2 Å². The minimum absolute atomic E-state index is 0.487. The molecule has 0 bridgehead atoms. The van der Waals surface area contributed by atoms with Gasteiger partial charge in [-0.3, -0.25) is 0 Å². The first-order chi connectivity index (χ1) is 6.41. The Hall–Kier alpha value is -0.290. The van der Waals surface area contributed by atoms with Crippen LogP contribution in [-0.4, -0.2) is 46.2 Å². The summed E-state index contributed by atoms with van der Waals surface area (Å²) in [5.41, 5.74) is 0. The van der Waals surface area contributed by atoms with E-state index in [1.54, 1.807) is 0 Å². The van der Waals surface area contributed by atoms with Gasteiger partial charge < -0.3 is 21.1 Å². The second-order valence-electron chi connectivity index (χ2n) is 2.25. The largest absolute Gasteiger partial charge is 0.411 e. The second kappa shape index (κ2) is 11.7. The Morgan fingerprint density at radius 3 is 1.69 bits per heavy atom. The molecular formula is C9H18O4. The second-order valence-corrected chi connectivity index (χ2v) is 2.25. The van der Waals surface area contributed by atoms with Gasteiger partial charge in [0.2, 0.25) is 7.11 Å². The molecule has 0 aliphatic carbocycles. The van der Waals surface area contributed by atoms with Gasteiger partial charge in [0.25, 0.3) is 0 Å². The Bertz CT molecular complexity index is 77.7. The third-order valence-corrected chi connectivity index (χ3v) is 1.26. The van der Waals surface area contributed by atoms with E-state index in [2.05, 4.69) is 18.8 Å². The fourth-order valence-corrected chi connectivity index (χ4v) is 0.660. The van der Waals surface area contributed by atoms with Crippen molar-refractivity contribution in [1.29, 1.82) is 0 Å². The van der Waals surface area contributed by atoms with Crippen molar-refractivity contribution in [2.24, 2.45) is 0 Å². The van der Waals surface area contributed by atoms with E-state index in [9.17, 15) is 0 Å². The van der Waals surface area contributed by atoms with Crippen LogP contribution in [0.1, 0.15) is 0 Å². The third-order valence-electron chi connectivity index (χ3n) is 1.26. The molecule has 0 aliphatic heterocycles. The molecule has 0 fully saturated rings. The standard InChI is InChI=1S/C9H18O4/c1-3-11-6-7-13-9-8-12-5-4-10-2/h1-9H2. The minimum Gasteiger partial charge on any atom is -0.411 e. The lowest BCUT2D eigenvalue weighted by Gasteiger charge is -2.05. The van der Waals surface area contributed by atoms with Gasteiger partial charge >= 0.3 is 0 Å². The molecule has 4 heteroatoms. The highest BCUT2D eigenvalue weighted by Crippen LogP contribution is 1.81. The molecule has 13 heavy (non-hydrogen) atoms. The van der Waals surface area contributed by atoms with Crippen LogP contribution in [0, 0.1) is 14.0 Å². The molecule has 0 aromatic heterocycles. The topological polar surface area (TPSA) is 36.9 Å². The van der Waals surface area contributed by atoms with E-state index in [0.29, 0.717) is 46.2 Å². The Morgan fingerprint density at radius 1 is 0.769 bits per heavy atom. The van der Waals surface area contributed by atoms with Crippen LogP contribution < -0.4 is 0 Å². The van der Waals surface area contributed by atoms with E-state index >= 15 is 0 Å². The third kappa shape index (κ3) is 11.7. The predicted molar refractivity (Wildman–Crippen MR) is 49.1 cm³/mol. The van der Waals surface area contributed by atoms with Gasteiger partial charge in [-0.1, -0.05) is 6.61 Å². The summed E-state index contributed by atoms with van der Waals surface area (Å²) >= 11 is 0. The highest BCUT2D eigenvalue weighted by atomic mass is 16.5. The van der Waals surface area contributed by atoms with Crippen molar-refractivity contribution in [1.82, 2.24) is 0 Å². The molecule has 0 unspecified atom stereocenters. The monoisotopic (exact) mass is 190 g/mol. The summed E-state index contributed by atoms with van der Waals surface area (Å²) in [6, 6.07) is 0. The predicted octanol–water partition coefficient (Wildman–Crippen LogP) is 0.678. The van der Waals surface area contributed by atoms with Gasteiger partial charge in [0.15, 0.2) is 0 Å². The van der Waals surface area contributed by atoms with Crippen LogP contribution in [0.5, 0.6) is 0 Å². The van der Waals surface area contributed by atoms with Gasteiger partial charge in [-0.25, -0.2) is 0 Å². The highest BCUT2D eigenvalue weighted by Gasteiger charge is 1.90. The molecule has 0 aromatic rings. The summed E-state index contributed by atoms with van der Waals surface area (Å²) in [6.45, 7) is 7.43. The van der Waals surface area contributed by atoms with Crippen molar-refractivity contribution in [3.05, 3.63) is 14.0 Å². The first-order valence-corrected chi connectivity index (χ1v) is 4.31. The summed E-state index contributed by atoms with van der Waals surface area (Å²) in [6.07, 6.45) is 0. The average molecular weight is 190 g/mol. The highest BCUT2D eigenvalue weighted by molar-refractivity contribution is 4.35. The van der Waals surface area contributed by atoms with Gasteiger partial charge in [0.1, 0.15) is 6.61 Å². The maximum atomic E-state index is 5.18. The Kier molecular flexibility index (Phi) is 11.4. The molecule has 0 saturated carbocycles. The van der Waals surface area contributed by atoms with Crippen molar-refractivity contribution < 1.29 is 18.9 Å². The first-order valence-electron chi connectivity index (χ1n) is 4.31. The number of hydrogen-bond donors (Lipinski definition) is 0. The van der Waals surface area contributed by atoms with Crippen molar-refractivity contribution in [3.63, 3.8) is 0 Å². The van der Waals surface area contributed by atoms with Gasteiger partial charge in [0.05, 0.1) is 33.0 Å². The smallest absolute Gasteiger partial charge is 0.213 e. The molecule has 0 amide bonds. The molecule has 0 aromatic carbocycles. The fourth-order valence-electron chi connectivity index (χ4n) is 0.660. The van der Waals surface area contributed by atoms with E-state index in [4.69, 9.17) is 14.2 Å². The van der Waals surface area contributed by atoms with E-state index in [0.717, 1.165) is 0 Å². The van der Waals surface area contributed by atoms with Crippen LogP contribution in [0.15, 0.2) is 0 Å². The molecule has 0 spiro atoms. The van der Waals surface area contributed by atoms with Crippen LogP contribution in [-0.2, 0) is 18.9 Å². The number of rotatable bonds is 10. The lowest BCUT2D eigenvalue weighted by atomic mass is 10.7. The molecule has 0 N–H and O–H groups in total. The molecule has 0 rings (SSSR count). The summed E-state index contributed by atoms with van der Waals surface area (Å²) < 4.78 is 19.9. The Balaban J connectivity index is 2.76. The van der Waals surface area contributed by atoms with Gasteiger partial charge in [-0.2, -0.15) is 4.74 Å². The van der Waals surface area contributed by atoms with Crippen LogP contribution in [0.4, 0.5) is 0 Å². The number of hydrogen-bond acceptors (Lipinski definition) is 4. The molecule has 0 radical (unpaired) electrons. The molecule has 78 valence electrons. The summed E-state index contributed by atoms with van der Waals surface area (Å²) in [5.74, 6) is 0. The van der Waals surface area contributed by atoms with E-state index < -0.39 is 0 Å². The van der Waals surface area contributed by atoms with Crippen LogP contribution >= 0.6 is 0 Å². The summed E-state index contributed by atoms with van der Waals surface area (Å²) in [5, 5.41) is 0. The van der Waals surface area contributed by atoms with Crippen molar-refractivity contribution in [2.45, 2.75) is 0 Å². The van der Waals surface area contributed by atoms with Crippen molar-refractivity contribution in [3.8, 4) is 0 Å². The van der Waals surface area contributed by atoms with Gasteiger partial charge in [-0.15, -0.1) is 0 Å². The van der Waals surface area contributed by atoms with Crippen LogP contribution in [0.3, 0.4) is 0 Å². The Labute approximate surface area is 80.1 Å². The van der Waals surface area contributed by atoms with Crippen LogP contribution in [0.25, 0.3) is 0 Å². The molecule has 4 nitrogen and oxygen atoms in total. The maximum Gasteiger partial charge on any atom is 0.213 e. The van der Waals surface area contributed by atoms with Gasteiger partial charge in [-0.05, 0) is 0 Å². The molecule has 0 saturated heterocycles. The van der Waals surface area contributed by atoms with E-state index in [-0.39, 0.29) is 0 Å².